The van der Waals surface area contributed by atoms with E-state index < -0.39 is 43.4 Å². The van der Waals surface area contributed by atoms with Gasteiger partial charge in [-0.05, 0) is 12.8 Å². The fraction of sp³-hybridized carbons (Fsp3) is 0.951. The summed E-state index contributed by atoms with van der Waals surface area (Å²) in [6.45, 7) is 4.11. The van der Waals surface area contributed by atoms with Crippen molar-refractivity contribution >= 4 is 11.8 Å². The van der Waals surface area contributed by atoms with Gasteiger partial charge in [-0.2, -0.15) is 0 Å². The molecule has 1 heterocycles. The van der Waals surface area contributed by atoms with Crippen LogP contribution in [0.3, 0.4) is 0 Å². The second kappa shape index (κ2) is 33.3. The normalized spacial score (nSPS) is 21.1. The van der Waals surface area contributed by atoms with E-state index in [1.54, 1.807) is 0 Å². The molecule has 1 rings (SSSR count). The molecule has 1 aliphatic rings. The summed E-state index contributed by atoms with van der Waals surface area (Å²) in [6.07, 6.45) is 26.5. The lowest BCUT2D eigenvalue weighted by Crippen LogP contribution is -2.60. The average molecular weight is 729 g/mol. The average Bonchev–Trinajstić information content (AvgIpc) is 3.13. The second-order valence-corrected chi connectivity index (χ2v) is 15.0. The number of ether oxygens (including phenoxy) is 2. The molecule has 10 nitrogen and oxygen atoms in total. The highest BCUT2D eigenvalue weighted by Crippen LogP contribution is 2.22. The van der Waals surface area contributed by atoms with E-state index in [9.17, 15) is 30.0 Å². The Balaban J connectivity index is 2.35. The van der Waals surface area contributed by atoms with Gasteiger partial charge in [-0.25, -0.2) is 0 Å². The van der Waals surface area contributed by atoms with Crippen LogP contribution in [0.5, 0.6) is 0 Å². The molecule has 0 spiro atoms. The van der Waals surface area contributed by atoms with E-state index in [-0.39, 0.29) is 18.4 Å². The molecule has 51 heavy (non-hydrogen) atoms. The van der Waals surface area contributed by atoms with Gasteiger partial charge < -0.3 is 40.5 Å². The van der Waals surface area contributed by atoms with Crippen molar-refractivity contribution in [3.8, 4) is 0 Å². The highest BCUT2D eigenvalue weighted by molar-refractivity contribution is 5.87. The lowest BCUT2D eigenvalue weighted by Gasteiger charge is -2.39. The Hall–Kier alpha value is -1.30. The SMILES string of the molecule is CCCCCCCCCCCCCCCCCC(=O)N[C@@H](CO[C@H]1O[C@H](CO)[C@H](O)[C@H](O)[C@H]1O)C(=O)NCCCCCCCCCCCCCC. The first-order chi connectivity index (χ1) is 24.8. The van der Waals surface area contributed by atoms with Gasteiger partial charge in [0.1, 0.15) is 30.5 Å². The van der Waals surface area contributed by atoms with E-state index in [1.165, 1.54) is 135 Å². The molecule has 10 heteroatoms. The molecule has 0 aromatic rings. The van der Waals surface area contributed by atoms with Crippen LogP contribution >= 0.6 is 0 Å². The first kappa shape index (κ1) is 47.7. The maximum Gasteiger partial charge on any atom is 0.244 e. The largest absolute Gasteiger partial charge is 0.394 e. The van der Waals surface area contributed by atoms with Crippen LogP contribution in [-0.4, -0.2) is 88.7 Å². The first-order valence-corrected chi connectivity index (χ1v) is 21.3. The van der Waals surface area contributed by atoms with Gasteiger partial charge in [0, 0.05) is 13.0 Å². The van der Waals surface area contributed by atoms with Crippen LogP contribution in [0.1, 0.15) is 194 Å². The first-order valence-electron chi connectivity index (χ1n) is 21.3. The fourth-order valence-corrected chi connectivity index (χ4v) is 6.80. The number of amides is 2. The number of rotatable bonds is 35. The Kier molecular flexibility index (Phi) is 31.1. The maximum atomic E-state index is 13.1. The standard InChI is InChI=1S/C41H80N2O8/c1-3-5-7-9-11-13-15-17-18-19-20-22-24-26-28-30-36(45)43-34(33-50-41-39(48)38(47)37(46)35(32-44)51-41)40(49)42-31-29-27-25-23-21-16-14-12-10-8-6-4-2/h34-35,37-39,41,44,46-48H,3-33H2,1-2H3,(H,42,49)(H,43,45)/t34-,35+,37-,38-,39+,41-/m0/s1. The monoisotopic (exact) mass is 729 g/mol. The van der Waals surface area contributed by atoms with E-state index in [1.807, 2.05) is 0 Å². The van der Waals surface area contributed by atoms with E-state index in [0.717, 1.165) is 38.5 Å². The molecule has 1 aliphatic heterocycles. The minimum Gasteiger partial charge on any atom is -0.394 e. The Morgan fingerprint density at radius 1 is 0.588 bits per heavy atom. The highest BCUT2D eigenvalue weighted by atomic mass is 16.7. The highest BCUT2D eigenvalue weighted by Gasteiger charge is 2.44. The number of aliphatic hydroxyl groups excluding tert-OH is 4. The summed E-state index contributed by atoms with van der Waals surface area (Å²) >= 11 is 0. The predicted molar refractivity (Wildman–Crippen MR) is 205 cm³/mol. The zero-order chi connectivity index (χ0) is 37.4. The quantitative estimate of drug-likeness (QED) is 0.0370. The summed E-state index contributed by atoms with van der Waals surface area (Å²) in [5.41, 5.74) is 0. The molecule has 0 saturated carbocycles. The molecule has 0 bridgehead atoms. The topological polar surface area (TPSA) is 158 Å². The number of unbranched alkanes of at least 4 members (excludes halogenated alkanes) is 25. The van der Waals surface area contributed by atoms with Gasteiger partial charge in [0.15, 0.2) is 6.29 Å². The predicted octanol–water partition coefficient (Wildman–Crippen LogP) is 7.37. The van der Waals surface area contributed by atoms with E-state index in [0.29, 0.717) is 13.0 Å². The number of hydrogen-bond acceptors (Lipinski definition) is 8. The van der Waals surface area contributed by atoms with Crippen LogP contribution in [0.15, 0.2) is 0 Å². The summed E-state index contributed by atoms with van der Waals surface area (Å²) < 4.78 is 11.1. The lowest BCUT2D eigenvalue weighted by atomic mass is 9.99. The zero-order valence-electron chi connectivity index (χ0n) is 32.8. The third-order valence-electron chi connectivity index (χ3n) is 10.3. The van der Waals surface area contributed by atoms with Crippen molar-refractivity contribution in [1.82, 2.24) is 10.6 Å². The number of carbonyl (C=O) groups excluding carboxylic acids is 2. The Morgan fingerprint density at radius 3 is 1.43 bits per heavy atom. The summed E-state index contributed by atoms with van der Waals surface area (Å²) in [6, 6.07) is -1.02. The molecule has 0 aromatic carbocycles. The van der Waals surface area contributed by atoms with Crippen LogP contribution in [-0.2, 0) is 19.1 Å². The number of aliphatic hydroxyl groups is 4. The fourth-order valence-electron chi connectivity index (χ4n) is 6.80. The van der Waals surface area contributed by atoms with Crippen LogP contribution in [0.4, 0.5) is 0 Å². The van der Waals surface area contributed by atoms with Crippen molar-refractivity contribution in [2.24, 2.45) is 0 Å². The molecule has 6 atom stereocenters. The number of carbonyl (C=O) groups is 2. The zero-order valence-corrected chi connectivity index (χ0v) is 32.8. The van der Waals surface area contributed by atoms with Crippen molar-refractivity contribution in [2.75, 3.05) is 19.8 Å². The van der Waals surface area contributed by atoms with Crippen LogP contribution in [0, 0.1) is 0 Å². The summed E-state index contributed by atoms with van der Waals surface area (Å²) in [5, 5.41) is 45.7. The number of hydrogen-bond donors (Lipinski definition) is 6. The van der Waals surface area contributed by atoms with Crippen LogP contribution < -0.4 is 10.6 Å². The molecule has 302 valence electrons. The van der Waals surface area contributed by atoms with Crippen LogP contribution in [0.25, 0.3) is 0 Å². The molecule has 2 amide bonds. The van der Waals surface area contributed by atoms with E-state index >= 15 is 0 Å². The van der Waals surface area contributed by atoms with Gasteiger partial charge in [0.05, 0.1) is 13.2 Å². The van der Waals surface area contributed by atoms with Gasteiger partial charge in [-0.15, -0.1) is 0 Å². The van der Waals surface area contributed by atoms with Gasteiger partial charge >= 0.3 is 0 Å². The summed E-state index contributed by atoms with van der Waals surface area (Å²) in [4.78, 5) is 26.0. The van der Waals surface area contributed by atoms with Crippen molar-refractivity contribution in [3.63, 3.8) is 0 Å². The Morgan fingerprint density at radius 2 is 1.00 bits per heavy atom. The molecule has 6 N–H and O–H groups in total. The summed E-state index contributed by atoms with van der Waals surface area (Å²) in [7, 11) is 0. The Bertz CT molecular complexity index is 817. The van der Waals surface area contributed by atoms with E-state index in [2.05, 4.69) is 24.5 Å². The van der Waals surface area contributed by atoms with E-state index in [4.69, 9.17) is 9.47 Å². The van der Waals surface area contributed by atoms with Gasteiger partial charge in [-0.3, -0.25) is 9.59 Å². The van der Waals surface area contributed by atoms with Crippen molar-refractivity contribution in [1.29, 1.82) is 0 Å². The third-order valence-corrected chi connectivity index (χ3v) is 10.3. The van der Waals surface area contributed by atoms with Crippen LogP contribution in [0.2, 0.25) is 0 Å². The molecule has 0 radical (unpaired) electrons. The number of nitrogens with one attached hydrogen (secondary N) is 2. The molecule has 1 fully saturated rings. The molecule has 0 aliphatic carbocycles. The molecule has 0 unspecified atom stereocenters. The van der Waals surface area contributed by atoms with Gasteiger partial charge in [-0.1, -0.05) is 174 Å². The minimum absolute atomic E-state index is 0.243. The molecule has 1 saturated heterocycles. The minimum atomic E-state index is -1.58. The summed E-state index contributed by atoms with van der Waals surface area (Å²) in [5.74, 6) is -0.625. The Labute approximate surface area is 311 Å². The maximum absolute atomic E-state index is 13.1. The van der Waals surface area contributed by atoms with Crippen molar-refractivity contribution in [3.05, 3.63) is 0 Å². The second-order valence-electron chi connectivity index (χ2n) is 15.0. The van der Waals surface area contributed by atoms with Crippen molar-refractivity contribution in [2.45, 2.75) is 230 Å². The van der Waals surface area contributed by atoms with Crippen molar-refractivity contribution < 1.29 is 39.5 Å². The smallest absolute Gasteiger partial charge is 0.244 e. The molecular weight excluding hydrogens is 648 g/mol. The van der Waals surface area contributed by atoms with Gasteiger partial charge in [0.2, 0.25) is 11.8 Å². The molecule has 0 aromatic heterocycles. The molecular formula is C41H80N2O8. The third kappa shape index (κ3) is 24.6. The lowest BCUT2D eigenvalue weighted by molar-refractivity contribution is -0.301. The van der Waals surface area contributed by atoms with Gasteiger partial charge in [0.25, 0.3) is 0 Å².